The first kappa shape index (κ1) is 23.1. The standard InChI is InChI=1S/C22H23ClN2O4S2/c1-16-4-11-20(12-5-16)31(27,28)25(3)17-6-8-18(9-7-17)29-15-22(26)24(2)14-19-10-13-21(23)30-19/h4-13H,14-15H2,1-3H3. The summed E-state index contributed by atoms with van der Waals surface area (Å²) < 4.78 is 33.1. The lowest BCUT2D eigenvalue weighted by Crippen LogP contribution is -2.30. The van der Waals surface area contributed by atoms with Gasteiger partial charge in [0.1, 0.15) is 5.75 Å². The number of amides is 1. The van der Waals surface area contributed by atoms with Crippen LogP contribution in [0.3, 0.4) is 0 Å². The summed E-state index contributed by atoms with van der Waals surface area (Å²) in [7, 11) is -0.461. The van der Waals surface area contributed by atoms with Crippen molar-refractivity contribution in [3.05, 3.63) is 75.4 Å². The molecule has 0 N–H and O–H groups in total. The van der Waals surface area contributed by atoms with Crippen LogP contribution in [0.2, 0.25) is 4.34 Å². The molecule has 0 radical (unpaired) electrons. The van der Waals surface area contributed by atoms with Crippen LogP contribution in [0, 0.1) is 6.92 Å². The monoisotopic (exact) mass is 478 g/mol. The number of benzene rings is 2. The number of thiophene rings is 1. The van der Waals surface area contributed by atoms with Crippen molar-refractivity contribution >= 4 is 44.6 Å². The van der Waals surface area contributed by atoms with Gasteiger partial charge in [-0.05, 0) is 55.5 Å². The first-order valence-electron chi connectivity index (χ1n) is 9.43. The van der Waals surface area contributed by atoms with Gasteiger partial charge in [-0.1, -0.05) is 29.3 Å². The van der Waals surface area contributed by atoms with Gasteiger partial charge >= 0.3 is 0 Å². The maximum atomic E-state index is 12.8. The van der Waals surface area contributed by atoms with Crippen molar-refractivity contribution in [2.45, 2.75) is 18.4 Å². The summed E-state index contributed by atoms with van der Waals surface area (Å²) in [5, 5.41) is 0. The van der Waals surface area contributed by atoms with Crippen LogP contribution in [-0.2, 0) is 21.4 Å². The Labute approximate surface area is 191 Å². The molecule has 0 spiro atoms. The van der Waals surface area contributed by atoms with E-state index in [1.165, 1.54) is 22.7 Å². The van der Waals surface area contributed by atoms with Gasteiger partial charge in [0.05, 0.1) is 21.5 Å². The molecule has 0 saturated heterocycles. The lowest BCUT2D eigenvalue weighted by molar-refractivity contribution is -0.132. The van der Waals surface area contributed by atoms with Crippen molar-refractivity contribution < 1.29 is 17.9 Å². The minimum atomic E-state index is -3.66. The van der Waals surface area contributed by atoms with Gasteiger partial charge in [0.2, 0.25) is 0 Å². The number of hydrogen-bond acceptors (Lipinski definition) is 5. The van der Waals surface area contributed by atoms with Crippen molar-refractivity contribution in [1.82, 2.24) is 4.90 Å². The van der Waals surface area contributed by atoms with E-state index in [0.29, 0.717) is 22.3 Å². The van der Waals surface area contributed by atoms with Gasteiger partial charge in [-0.3, -0.25) is 9.10 Å². The van der Waals surface area contributed by atoms with E-state index >= 15 is 0 Å². The maximum absolute atomic E-state index is 12.8. The normalized spacial score (nSPS) is 11.2. The van der Waals surface area contributed by atoms with Crippen LogP contribution in [0.15, 0.2) is 65.6 Å². The van der Waals surface area contributed by atoms with Crippen LogP contribution in [0.1, 0.15) is 10.4 Å². The Balaban J connectivity index is 1.59. The van der Waals surface area contributed by atoms with E-state index in [2.05, 4.69) is 0 Å². The highest BCUT2D eigenvalue weighted by atomic mass is 35.5. The molecule has 3 aromatic rings. The number of likely N-dealkylation sites (N-methyl/N-ethyl adjacent to an activating group) is 1. The fraction of sp³-hybridized carbons (Fsp3) is 0.227. The van der Waals surface area contributed by atoms with Crippen molar-refractivity contribution in [3.63, 3.8) is 0 Å². The van der Waals surface area contributed by atoms with E-state index in [1.807, 2.05) is 13.0 Å². The second-order valence-electron chi connectivity index (χ2n) is 7.02. The Hall–Kier alpha value is -2.55. The minimum absolute atomic E-state index is 0.119. The first-order valence-corrected chi connectivity index (χ1v) is 12.1. The number of halogens is 1. The summed E-state index contributed by atoms with van der Waals surface area (Å²) >= 11 is 7.35. The van der Waals surface area contributed by atoms with E-state index in [-0.39, 0.29) is 17.4 Å². The van der Waals surface area contributed by atoms with Crippen LogP contribution in [0.25, 0.3) is 0 Å². The van der Waals surface area contributed by atoms with Crippen LogP contribution >= 0.6 is 22.9 Å². The molecule has 1 heterocycles. The molecule has 1 amide bonds. The number of anilines is 1. The average molecular weight is 479 g/mol. The highest BCUT2D eigenvalue weighted by Crippen LogP contribution is 2.25. The second-order valence-corrected chi connectivity index (χ2v) is 10.8. The molecule has 164 valence electrons. The molecule has 0 aliphatic rings. The van der Waals surface area contributed by atoms with E-state index in [0.717, 1.165) is 10.4 Å². The molecule has 0 aliphatic carbocycles. The Morgan fingerprint density at radius 1 is 1.00 bits per heavy atom. The lowest BCUT2D eigenvalue weighted by atomic mass is 10.2. The molecule has 9 heteroatoms. The summed E-state index contributed by atoms with van der Waals surface area (Å²) in [6.07, 6.45) is 0. The van der Waals surface area contributed by atoms with E-state index in [9.17, 15) is 13.2 Å². The second kappa shape index (κ2) is 9.72. The highest BCUT2D eigenvalue weighted by Gasteiger charge is 2.21. The third kappa shape index (κ3) is 5.78. The molecule has 2 aromatic carbocycles. The molecule has 0 bridgehead atoms. The number of ether oxygens (including phenoxy) is 1. The Kier molecular flexibility index (Phi) is 7.25. The Morgan fingerprint density at radius 3 is 2.23 bits per heavy atom. The van der Waals surface area contributed by atoms with Gasteiger partial charge in [-0.25, -0.2) is 8.42 Å². The van der Waals surface area contributed by atoms with Gasteiger partial charge < -0.3 is 9.64 Å². The fourth-order valence-electron chi connectivity index (χ4n) is 2.77. The predicted octanol–water partition coefficient (Wildman–Crippen LogP) is 4.57. The summed E-state index contributed by atoms with van der Waals surface area (Å²) in [6.45, 7) is 2.24. The van der Waals surface area contributed by atoms with Crippen LogP contribution in [0.4, 0.5) is 5.69 Å². The number of nitrogens with zero attached hydrogens (tertiary/aromatic N) is 2. The summed E-state index contributed by atoms with van der Waals surface area (Å²) in [5.41, 5.74) is 1.48. The van der Waals surface area contributed by atoms with E-state index < -0.39 is 10.0 Å². The Morgan fingerprint density at radius 2 is 1.65 bits per heavy atom. The van der Waals surface area contributed by atoms with Crippen LogP contribution < -0.4 is 9.04 Å². The summed E-state index contributed by atoms with van der Waals surface area (Å²) in [4.78, 5) is 15.1. The maximum Gasteiger partial charge on any atom is 0.264 e. The van der Waals surface area contributed by atoms with Gasteiger partial charge in [-0.2, -0.15) is 0 Å². The molecule has 0 fully saturated rings. The minimum Gasteiger partial charge on any atom is -0.484 e. The fourth-order valence-corrected chi connectivity index (χ4v) is 5.11. The molecular weight excluding hydrogens is 456 g/mol. The Bertz CT molecular complexity index is 1140. The predicted molar refractivity (Wildman–Crippen MR) is 125 cm³/mol. The molecule has 0 atom stereocenters. The number of carbonyl (C=O) groups is 1. The molecular formula is C22H23ClN2O4S2. The SMILES string of the molecule is Cc1ccc(S(=O)(=O)N(C)c2ccc(OCC(=O)N(C)Cc3ccc(Cl)s3)cc2)cc1. The number of hydrogen-bond donors (Lipinski definition) is 0. The van der Waals surface area contributed by atoms with Gasteiger partial charge in [-0.15, -0.1) is 11.3 Å². The zero-order valence-electron chi connectivity index (χ0n) is 17.4. The topological polar surface area (TPSA) is 66.9 Å². The van der Waals surface area contributed by atoms with Crippen LogP contribution in [-0.4, -0.2) is 39.9 Å². The quantitative estimate of drug-likeness (QED) is 0.475. The molecule has 0 unspecified atom stereocenters. The number of carbonyl (C=O) groups excluding carboxylic acids is 1. The van der Waals surface area contributed by atoms with Crippen molar-refractivity contribution in [2.24, 2.45) is 0 Å². The third-order valence-electron chi connectivity index (χ3n) is 4.69. The largest absolute Gasteiger partial charge is 0.484 e. The van der Waals surface area contributed by atoms with Crippen molar-refractivity contribution in [1.29, 1.82) is 0 Å². The summed E-state index contributed by atoms with van der Waals surface area (Å²) in [6, 6.07) is 17.0. The van der Waals surface area contributed by atoms with E-state index in [4.69, 9.17) is 16.3 Å². The number of rotatable bonds is 8. The smallest absolute Gasteiger partial charge is 0.264 e. The lowest BCUT2D eigenvalue weighted by Gasteiger charge is -2.20. The molecule has 1 aromatic heterocycles. The van der Waals surface area contributed by atoms with E-state index in [1.54, 1.807) is 66.5 Å². The average Bonchev–Trinajstić information content (AvgIpc) is 3.16. The summed E-state index contributed by atoms with van der Waals surface area (Å²) in [5.74, 6) is 0.304. The highest BCUT2D eigenvalue weighted by molar-refractivity contribution is 7.92. The molecule has 0 aliphatic heterocycles. The molecule has 0 saturated carbocycles. The molecule has 3 rings (SSSR count). The number of sulfonamides is 1. The van der Waals surface area contributed by atoms with Gasteiger partial charge in [0.25, 0.3) is 15.9 Å². The first-order chi connectivity index (χ1) is 14.7. The zero-order chi connectivity index (χ0) is 22.6. The van der Waals surface area contributed by atoms with Crippen molar-refractivity contribution in [3.8, 4) is 5.75 Å². The van der Waals surface area contributed by atoms with Gasteiger partial charge in [0, 0.05) is 19.0 Å². The van der Waals surface area contributed by atoms with Gasteiger partial charge in [0.15, 0.2) is 6.61 Å². The third-order valence-corrected chi connectivity index (χ3v) is 7.71. The zero-order valence-corrected chi connectivity index (χ0v) is 19.8. The number of aryl methyl sites for hydroxylation is 1. The van der Waals surface area contributed by atoms with Crippen molar-refractivity contribution in [2.75, 3.05) is 25.0 Å². The van der Waals surface area contributed by atoms with Crippen LogP contribution in [0.5, 0.6) is 5.75 Å². The molecule has 6 nitrogen and oxygen atoms in total. The molecule has 31 heavy (non-hydrogen) atoms.